The van der Waals surface area contributed by atoms with Crippen molar-refractivity contribution < 1.29 is 9.90 Å². The van der Waals surface area contributed by atoms with E-state index in [1.165, 1.54) is 20.9 Å². The Balaban J connectivity index is 0.000000333. The van der Waals surface area contributed by atoms with E-state index in [1.807, 2.05) is 6.07 Å². The normalized spacial score (nSPS) is 12.3. The van der Waals surface area contributed by atoms with Crippen molar-refractivity contribution in [3.05, 3.63) is 32.0 Å². The molecule has 0 saturated carbocycles. The summed E-state index contributed by atoms with van der Waals surface area (Å²) in [6.07, 6.45) is 0. The van der Waals surface area contributed by atoms with Crippen molar-refractivity contribution >= 4 is 65.8 Å². The van der Waals surface area contributed by atoms with Crippen LogP contribution in [0.3, 0.4) is 0 Å². The first-order valence-corrected chi connectivity index (χ1v) is 10.1. The fourth-order valence-electron chi connectivity index (χ4n) is 1.40. The molecule has 0 aliphatic carbocycles. The summed E-state index contributed by atoms with van der Waals surface area (Å²) in [5.74, 6) is -0.910. The van der Waals surface area contributed by atoms with E-state index in [4.69, 9.17) is 33.4 Å². The Hall–Kier alpha value is -1.51. The Morgan fingerprint density at radius 1 is 1.52 bits per heavy atom. The molecule has 2 rings (SSSR count). The Labute approximate surface area is 165 Å². The van der Waals surface area contributed by atoms with E-state index in [0.29, 0.717) is 31.2 Å². The number of carbonyl (C=O) groups is 1. The van der Waals surface area contributed by atoms with Gasteiger partial charge in [-0.1, -0.05) is 25.4 Å². The van der Waals surface area contributed by atoms with Gasteiger partial charge in [0.05, 0.1) is 21.4 Å². The Bertz CT molecular complexity index is 860. The summed E-state index contributed by atoms with van der Waals surface area (Å²) < 4.78 is 5.11. The van der Waals surface area contributed by atoms with E-state index >= 15 is 0 Å². The van der Waals surface area contributed by atoms with Crippen molar-refractivity contribution in [2.24, 2.45) is 16.6 Å². The Kier molecular flexibility index (Phi) is 8.47. The van der Waals surface area contributed by atoms with Gasteiger partial charge in [-0.3, -0.25) is 4.79 Å². The number of aliphatic carboxylic acids is 1. The minimum atomic E-state index is -0.931. The topological polar surface area (TPSA) is 138 Å². The predicted octanol–water partition coefficient (Wildman–Crippen LogP) is 3.36. The van der Waals surface area contributed by atoms with Gasteiger partial charge in [0.25, 0.3) is 0 Å². The molecule has 0 amide bonds. The van der Waals surface area contributed by atoms with Gasteiger partial charge in [-0.2, -0.15) is 9.64 Å². The van der Waals surface area contributed by atoms with E-state index in [9.17, 15) is 4.79 Å². The highest BCUT2D eigenvalue weighted by Gasteiger charge is 2.14. The number of nitrogens with two attached hydrogens (primary N) is 2. The quantitative estimate of drug-likeness (QED) is 0.470. The second kappa shape index (κ2) is 9.84. The van der Waals surface area contributed by atoms with Crippen molar-refractivity contribution in [3.8, 4) is 6.07 Å². The molecule has 0 fully saturated rings. The summed E-state index contributed by atoms with van der Waals surface area (Å²) in [6, 6.07) is 4.67. The molecular weight excluding hydrogens is 450 g/mol. The smallest absolute Gasteiger partial charge is 0.320 e. The number of rotatable bonds is 3. The van der Waals surface area contributed by atoms with Crippen LogP contribution in [-0.2, 0) is 4.79 Å². The van der Waals surface area contributed by atoms with E-state index in [1.54, 1.807) is 26.0 Å². The number of hydrogen-bond acceptors (Lipinski definition) is 8. The molecule has 5 N–H and O–H groups in total. The van der Waals surface area contributed by atoms with E-state index in [0.717, 1.165) is 0 Å². The molecule has 25 heavy (non-hydrogen) atoms. The van der Waals surface area contributed by atoms with Crippen LogP contribution in [0.25, 0.3) is 0 Å². The van der Waals surface area contributed by atoms with Crippen molar-refractivity contribution in [2.45, 2.75) is 19.9 Å². The summed E-state index contributed by atoms with van der Waals surface area (Å²) in [5, 5.41) is 17.6. The summed E-state index contributed by atoms with van der Waals surface area (Å²) in [7, 11) is 2.63. The van der Waals surface area contributed by atoms with Crippen LogP contribution < -0.4 is 16.1 Å². The number of halogens is 2. The van der Waals surface area contributed by atoms with Gasteiger partial charge in [0, 0.05) is 10.5 Å². The fourth-order valence-corrected chi connectivity index (χ4v) is 3.92. The second-order valence-electron chi connectivity index (χ2n) is 5.04. The van der Waals surface area contributed by atoms with Gasteiger partial charge >= 0.3 is 5.97 Å². The zero-order chi connectivity index (χ0) is 19.1. The summed E-state index contributed by atoms with van der Waals surface area (Å²) in [4.78, 5) is 14.3. The van der Waals surface area contributed by atoms with E-state index in [2.05, 4.69) is 25.3 Å². The molecule has 1 atom stereocenters. The first-order valence-electron chi connectivity index (χ1n) is 6.81. The van der Waals surface area contributed by atoms with Crippen molar-refractivity contribution in [1.82, 2.24) is 4.37 Å². The number of nitriles is 1. The third kappa shape index (κ3) is 6.05. The number of carboxylic acids is 1. The van der Waals surface area contributed by atoms with E-state index in [-0.39, 0.29) is 5.92 Å². The zero-order valence-electron chi connectivity index (χ0n) is 13.2. The highest BCUT2D eigenvalue weighted by molar-refractivity contribution is 9.10. The molecule has 11 heteroatoms. The fraction of sp³-hybridized carbons (Fsp3) is 0.286. The van der Waals surface area contributed by atoms with Gasteiger partial charge in [-0.05, 0) is 44.3 Å². The van der Waals surface area contributed by atoms with Crippen LogP contribution in [0.2, 0.25) is 5.15 Å². The number of benzene rings is 1. The SMILES string of the molecule is CC(C)[C@H](N)C(=O)O.N#Cc1c(N)ccc(N=c2ssnc2Cl)c1Br. The van der Waals surface area contributed by atoms with Gasteiger partial charge in [0.15, 0.2) is 9.82 Å². The maximum absolute atomic E-state index is 10.0. The first kappa shape index (κ1) is 21.5. The lowest BCUT2D eigenvalue weighted by Gasteiger charge is -2.07. The predicted molar refractivity (Wildman–Crippen MR) is 104 cm³/mol. The third-order valence-corrected chi connectivity index (χ3v) is 5.87. The average Bonchev–Trinajstić information content (AvgIpc) is 2.95. The molecule has 2 aromatic rings. The number of nitrogen functional groups attached to an aromatic ring is 1. The zero-order valence-corrected chi connectivity index (χ0v) is 17.2. The molecule has 134 valence electrons. The maximum Gasteiger partial charge on any atom is 0.320 e. The van der Waals surface area contributed by atoms with Gasteiger partial charge in [-0.25, -0.2) is 4.99 Å². The molecule has 1 aromatic heterocycles. The third-order valence-electron chi connectivity index (χ3n) is 2.90. The maximum atomic E-state index is 10.0. The van der Waals surface area contributed by atoms with Gasteiger partial charge in [0.1, 0.15) is 12.1 Å². The van der Waals surface area contributed by atoms with Crippen LogP contribution in [-0.4, -0.2) is 21.5 Å². The standard InChI is InChI=1S/C9H4BrClN4S2.C5H11NO2/c10-7-4(3-12)5(13)1-2-6(7)14-9-8(11)15-17-16-9;1-3(2)4(6)5(7)8/h1-2H,13H2;3-4H,6H2,1-2H3,(H,7,8)/t;4-/m.0/s1. The number of nitrogens with zero attached hydrogens (tertiary/aromatic N) is 3. The van der Waals surface area contributed by atoms with Crippen molar-refractivity contribution in [3.63, 3.8) is 0 Å². The number of aromatic nitrogens is 1. The van der Waals surface area contributed by atoms with Crippen LogP contribution in [0.4, 0.5) is 11.4 Å². The largest absolute Gasteiger partial charge is 0.480 e. The summed E-state index contributed by atoms with van der Waals surface area (Å²) >= 11 is 9.17. The molecule has 0 spiro atoms. The highest BCUT2D eigenvalue weighted by atomic mass is 79.9. The Morgan fingerprint density at radius 2 is 2.16 bits per heavy atom. The van der Waals surface area contributed by atoms with Gasteiger partial charge in [0.2, 0.25) is 0 Å². The van der Waals surface area contributed by atoms with Gasteiger partial charge in [-0.15, -0.1) is 0 Å². The first-order chi connectivity index (χ1) is 11.7. The molecule has 0 unspecified atom stereocenters. The minimum absolute atomic E-state index is 0.0208. The van der Waals surface area contributed by atoms with Crippen LogP contribution >= 0.6 is 48.4 Å². The van der Waals surface area contributed by atoms with Crippen LogP contribution in [0.5, 0.6) is 0 Å². The molecular formula is C14H15BrClN5O2S2. The van der Waals surface area contributed by atoms with Gasteiger partial charge < -0.3 is 16.6 Å². The molecule has 1 aromatic carbocycles. The average molecular weight is 465 g/mol. The number of carboxylic acid groups (broad SMARTS) is 1. The highest BCUT2D eigenvalue weighted by Crippen LogP contribution is 2.32. The van der Waals surface area contributed by atoms with Crippen molar-refractivity contribution in [2.75, 3.05) is 5.73 Å². The second-order valence-corrected chi connectivity index (χ2v) is 8.02. The molecule has 0 aliphatic rings. The number of hydrogen-bond donors (Lipinski definition) is 3. The monoisotopic (exact) mass is 463 g/mol. The van der Waals surface area contributed by atoms with Crippen LogP contribution in [0, 0.1) is 17.2 Å². The molecule has 0 saturated heterocycles. The molecule has 0 aliphatic heterocycles. The lowest BCUT2D eigenvalue weighted by molar-refractivity contribution is -0.139. The van der Waals surface area contributed by atoms with E-state index < -0.39 is 12.0 Å². The Morgan fingerprint density at radius 3 is 2.56 bits per heavy atom. The lowest BCUT2D eigenvalue weighted by Crippen LogP contribution is -2.34. The molecule has 1 heterocycles. The molecule has 0 bridgehead atoms. The number of anilines is 1. The molecule has 0 radical (unpaired) electrons. The summed E-state index contributed by atoms with van der Waals surface area (Å²) in [6.45, 7) is 3.55. The lowest BCUT2D eigenvalue weighted by atomic mass is 10.1. The molecule has 7 nitrogen and oxygen atoms in total. The summed E-state index contributed by atoms with van der Waals surface area (Å²) in [5.41, 5.74) is 12.2. The van der Waals surface area contributed by atoms with Crippen molar-refractivity contribution in [1.29, 1.82) is 5.26 Å². The minimum Gasteiger partial charge on any atom is -0.480 e. The van der Waals surface area contributed by atoms with Crippen LogP contribution in [0.1, 0.15) is 19.4 Å². The van der Waals surface area contributed by atoms with Crippen LogP contribution in [0.15, 0.2) is 21.6 Å².